The minimum Gasteiger partial charge on any atom is -0.324 e. The molecule has 1 amide bonds. The summed E-state index contributed by atoms with van der Waals surface area (Å²) in [6, 6.07) is 15.9. The van der Waals surface area contributed by atoms with Crippen LogP contribution >= 0.6 is 11.6 Å². The van der Waals surface area contributed by atoms with Crippen molar-refractivity contribution in [2.45, 2.75) is 26.8 Å². The standard InChI is InChI=1S/C19H23ClN2O/c1-13(2)19(15-7-5-4-6-8-15)21-12-18(23)22-17-10-9-14(3)11-16(17)20/h4-11,13,19,21H,12H2,1-3H3,(H,22,23)/t19-/m0/s1. The van der Waals surface area contributed by atoms with E-state index in [0.29, 0.717) is 16.6 Å². The van der Waals surface area contributed by atoms with Crippen molar-refractivity contribution in [3.63, 3.8) is 0 Å². The van der Waals surface area contributed by atoms with Crippen LogP contribution in [0, 0.1) is 12.8 Å². The van der Waals surface area contributed by atoms with Crippen LogP contribution in [0.15, 0.2) is 48.5 Å². The summed E-state index contributed by atoms with van der Waals surface area (Å²) in [5.41, 5.74) is 2.89. The highest BCUT2D eigenvalue weighted by Gasteiger charge is 2.16. The Bertz CT molecular complexity index is 656. The predicted molar refractivity (Wildman–Crippen MR) is 96.8 cm³/mol. The van der Waals surface area contributed by atoms with Crippen LogP contribution in [0.1, 0.15) is 31.0 Å². The second-order valence-electron chi connectivity index (χ2n) is 6.04. The van der Waals surface area contributed by atoms with E-state index in [1.54, 1.807) is 0 Å². The Balaban J connectivity index is 1.97. The Morgan fingerprint density at radius 3 is 2.43 bits per heavy atom. The third kappa shape index (κ3) is 5.08. The fourth-order valence-electron chi connectivity index (χ4n) is 2.52. The van der Waals surface area contributed by atoms with Crippen molar-refractivity contribution >= 4 is 23.2 Å². The lowest BCUT2D eigenvalue weighted by Gasteiger charge is -2.22. The van der Waals surface area contributed by atoms with Crippen molar-refractivity contribution < 1.29 is 4.79 Å². The van der Waals surface area contributed by atoms with Gasteiger partial charge in [-0.1, -0.05) is 61.8 Å². The van der Waals surface area contributed by atoms with Gasteiger partial charge in [-0.2, -0.15) is 0 Å². The molecule has 0 spiro atoms. The van der Waals surface area contributed by atoms with Crippen LogP contribution in [0.25, 0.3) is 0 Å². The zero-order valence-electron chi connectivity index (χ0n) is 13.8. The summed E-state index contributed by atoms with van der Waals surface area (Å²) in [6.07, 6.45) is 0. The molecule has 0 bridgehead atoms. The summed E-state index contributed by atoms with van der Waals surface area (Å²) in [5.74, 6) is 0.283. The number of aryl methyl sites for hydroxylation is 1. The monoisotopic (exact) mass is 330 g/mol. The van der Waals surface area contributed by atoms with Crippen LogP contribution < -0.4 is 10.6 Å². The summed E-state index contributed by atoms with van der Waals surface area (Å²) in [5, 5.41) is 6.74. The Morgan fingerprint density at radius 1 is 1.13 bits per heavy atom. The van der Waals surface area contributed by atoms with Gasteiger partial charge < -0.3 is 10.6 Å². The number of halogens is 1. The zero-order valence-corrected chi connectivity index (χ0v) is 14.5. The predicted octanol–water partition coefficient (Wildman–Crippen LogP) is 4.57. The minimum atomic E-state index is -0.0997. The Kier molecular flexibility index (Phi) is 6.20. The molecule has 4 heteroatoms. The van der Waals surface area contributed by atoms with Crippen LogP contribution in [0.2, 0.25) is 5.02 Å². The average molecular weight is 331 g/mol. The highest BCUT2D eigenvalue weighted by molar-refractivity contribution is 6.33. The fraction of sp³-hybridized carbons (Fsp3) is 0.316. The topological polar surface area (TPSA) is 41.1 Å². The van der Waals surface area contributed by atoms with Gasteiger partial charge in [-0.3, -0.25) is 4.79 Å². The van der Waals surface area contributed by atoms with Gasteiger partial charge in [-0.05, 0) is 36.1 Å². The van der Waals surface area contributed by atoms with E-state index in [4.69, 9.17) is 11.6 Å². The van der Waals surface area contributed by atoms with E-state index >= 15 is 0 Å². The molecule has 0 unspecified atom stereocenters. The molecule has 2 aromatic rings. The zero-order chi connectivity index (χ0) is 16.8. The SMILES string of the molecule is Cc1ccc(NC(=O)CN[C@H](c2ccccc2)C(C)C)c(Cl)c1. The van der Waals surface area contributed by atoms with E-state index in [0.717, 1.165) is 5.56 Å². The molecule has 122 valence electrons. The first-order valence-corrected chi connectivity index (χ1v) is 8.19. The quantitative estimate of drug-likeness (QED) is 0.814. The Hall–Kier alpha value is -1.84. The number of hydrogen-bond acceptors (Lipinski definition) is 2. The first kappa shape index (κ1) is 17.5. The van der Waals surface area contributed by atoms with Gasteiger partial charge in [0.15, 0.2) is 0 Å². The third-order valence-electron chi connectivity index (χ3n) is 3.71. The number of benzene rings is 2. The molecule has 3 nitrogen and oxygen atoms in total. The van der Waals surface area contributed by atoms with E-state index in [9.17, 15) is 4.79 Å². The lowest BCUT2D eigenvalue weighted by Crippen LogP contribution is -2.33. The fourth-order valence-corrected chi connectivity index (χ4v) is 2.80. The van der Waals surface area contributed by atoms with Crippen LogP contribution in [0.5, 0.6) is 0 Å². The molecular formula is C19H23ClN2O. The molecular weight excluding hydrogens is 308 g/mol. The summed E-state index contributed by atoms with van der Waals surface area (Å²) in [7, 11) is 0. The maximum Gasteiger partial charge on any atom is 0.238 e. The van der Waals surface area contributed by atoms with Crippen LogP contribution in [-0.4, -0.2) is 12.5 Å². The number of carbonyl (C=O) groups is 1. The number of nitrogens with one attached hydrogen (secondary N) is 2. The van der Waals surface area contributed by atoms with Crippen molar-refractivity contribution in [1.29, 1.82) is 0 Å². The largest absolute Gasteiger partial charge is 0.324 e. The number of amides is 1. The minimum absolute atomic E-state index is 0.0997. The van der Waals surface area contributed by atoms with Crippen LogP contribution in [0.4, 0.5) is 5.69 Å². The molecule has 2 aromatic carbocycles. The molecule has 0 fully saturated rings. The summed E-state index contributed by atoms with van der Waals surface area (Å²) < 4.78 is 0. The van der Waals surface area contributed by atoms with Gasteiger partial charge in [0.1, 0.15) is 0 Å². The Morgan fingerprint density at radius 2 is 1.83 bits per heavy atom. The molecule has 0 saturated carbocycles. The van der Waals surface area contributed by atoms with Crippen molar-refractivity contribution in [2.24, 2.45) is 5.92 Å². The molecule has 0 aliphatic heterocycles. The van der Waals surface area contributed by atoms with Gasteiger partial charge in [0, 0.05) is 6.04 Å². The van der Waals surface area contributed by atoms with Gasteiger partial charge >= 0.3 is 0 Å². The second-order valence-corrected chi connectivity index (χ2v) is 6.45. The Labute approximate surface area is 143 Å². The van der Waals surface area contributed by atoms with Gasteiger partial charge in [-0.25, -0.2) is 0 Å². The number of anilines is 1. The molecule has 0 aliphatic carbocycles. The van der Waals surface area contributed by atoms with E-state index in [-0.39, 0.29) is 18.5 Å². The lowest BCUT2D eigenvalue weighted by molar-refractivity contribution is -0.115. The van der Waals surface area contributed by atoms with Crippen LogP contribution in [0.3, 0.4) is 0 Å². The van der Waals surface area contributed by atoms with Gasteiger partial charge in [0.05, 0.1) is 17.3 Å². The van der Waals surface area contributed by atoms with E-state index in [2.05, 4.69) is 36.6 Å². The number of hydrogen-bond donors (Lipinski definition) is 2. The third-order valence-corrected chi connectivity index (χ3v) is 4.02. The lowest BCUT2D eigenvalue weighted by atomic mass is 9.96. The molecule has 2 rings (SSSR count). The molecule has 1 atom stereocenters. The number of carbonyl (C=O) groups excluding carboxylic acids is 1. The van der Waals surface area contributed by atoms with Crippen molar-refractivity contribution in [2.75, 3.05) is 11.9 Å². The number of rotatable bonds is 6. The average Bonchev–Trinajstić information content (AvgIpc) is 2.51. The molecule has 0 aliphatic rings. The maximum absolute atomic E-state index is 12.2. The summed E-state index contributed by atoms with van der Waals surface area (Å²) in [6.45, 7) is 6.48. The molecule has 0 heterocycles. The molecule has 2 N–H and O–H groups in total. The second kappa shape index (κ2) is 8.14. The molecule has 0 aromatic heterocycles. The van der Waals surface area contributed by atoms with Gasteiger partial charge in [0.2, 0.25) is 5.91 Å². The summed E-state index contributed by atoms with van der Waals surface area (Å²) in [4.78, 5) is 12.2. The van der Waals surface area contributed by atoms with Crippen molar-refractivity contribution in [1.82, 2.24) is 5.32 Å². The first-order chi connectivity index (χ1) is 11.0. The first-order valence-electron chi connectivity index (χ1n) is 7.81. The van der Waals surface area contributed by atoms with Gasteiger partial charge in [0.25, 0.3) is 0 Å². The smallest absolute Gasteiger partial charge is 0.238 e. The van der Waals surface area contributed by atoms with Crippen molar-refractivity contribution in [3.8, 4) is 0 Å². The normalized spacial score (nSPS) is 12.2. The molecule has 0 radical (unpaired) electrons. The van der Waals surface area contributed by atoms with Crippen molar-refractivity contribution in [3.05, 3.63) is 64.7 Å². The van der Waals surface area contributed by atoms with Gasteiger partial charge in [-0.15, -0.1) is 0 Å². The van der Waals surface area contributed by atoms with E-state index in [1.807, 2.05) is 43.3 Å². The van der Waals surface area contributed by atoms with Crippen LogP contribution in [-0.2, 0) is 4.79 Å². The van der Waals surface area contributed by atoms with E-state index in [1.165, 1.54) is 5.56 Å². The highest BCUT2D eigenvalue weighted by Crippen LogP contribution is 2.23. The molecule has 23 heavy (non-hydrogen) atoms. The maximum atomic E-state index is 12.2. The summed E-state index contributed by atoms with van der Waals surface area (Å²) >= 11 is 6.15. The molecule has 0 saturated heterocycles. The highest BCUT2D eigenvalue weighted by atomic mass is 35.5. The van der Waals surface area contributed by atoms with E-state index < -0.39 is 0 Å².